The molecule has 0 aliphatic carbocycles. The lowest BCUT2D eigenvalue weighted by atomic mass is 10.1. The van der Waals surface area contributed by atoms with Gasteiger partial charge in [0.05, 0.1) is 6.54 Å². The van der Waals surface area contributed by atoms with Crippen molar-refractivity contribution >= 4 is 6.08 Å². The summed E-state index contributed by atoms with van der Waals surface area (Å²) in [6, 6.07) is 2.57. The number of hydrogen-bond donors (Lipinski definition) is 0. The van der Waals surface area contributed by atoms with Crippen molar-refractivity contribution < 1.29 is 13.6 Å². The van der Waals surface area contributed by atoms with Crippen molar-refractivity contribution in [1.82, 2.24) is 0 Å². The number of hydrogen-bond acceptors (Lipinski definition) is 2. The summed E-state index contributed by atoms with van der Waals surface area (Å²) in [4.78, 5) is 13.0. The summed E-state index contributed by atoms with van der Waals surface area (Å²) in [5, 5.41) is 0. The Morgan fingerprint density at radius 1 is 1.43 bits per heavy atom. The SMILES string of the molecule is CCc1ccc(F)c(CN=C=O)c1F. The maximum Gasteiger partial charge on any atom is 0.235 e. The molecule has 0 spiro atoms. The van der Waals surface area contributed by atoms with Crippen LogP contribution in [0.15, 0.2) is 17.1 Å². The van der Waals surface area contributed by atoms with E-state index in [4.69, 9.17) is 0 Å². The average molecular weight is 197 g/mol. The van der Waals surface area contributed by atoms with Crippen LogP contribution in [0.5, 0.6) is 0 Å². The molecule has 0 saturated carbocycles. The first-order chi connectivity index (χ1) is 6.70. The quantitative estimate of drug-likeness (QED) is 0.540. The molecule has 4 heteroatoms. The number of isocyanates is 1. The lowest BCUT2D eigenvalue weighted by Crippen LogP contribution is -1.98. The minimum Gasteiger partial charge on any atom is -0.211 e. The standard InChI is InChI=1S/C10H9F2NO/c1-2-7-3-4-9(11)8(10(7)12)5-13-6-14/h3-4H,2,5H2,1H3. The number of nitrogens with zero attached hydrogens (tertiary/aromatic N) is 1. The fourth-order valence-corrected chi connectivity index (χ4v) is 1.18. The second-order valence-corrected chi connectivity index (χ2v) is 2.76. The smallest absolute Gasteiger partial charge is 0.211 e. The molecule has 0 bridgehead atoms. The molecule has 0 aliphatic heterocycles. The molecule has 74 valence electrons. The van der Waals surface area contributed by atoms with Gasteiger partial charge in [-0.25, -0.2) is 18.6 Å². The summed E-state index contributed by atoms with van der Waals surface area (Å²) in [6.07, 6.45) is 1.73. The number of aliphatic imine (C=N–C) groups is 1. The highest BCUT2D eigenvalue weighted by Crippen LogP contribution is 2.18. The van der Waals surface area contributed by atoms with Gasteiger partial charge in [0.25, 0.3) is 0 Å². The van der Waals surface area contributed by atoms with E-state index in [-0.39, 0.29) is 12.1 Å². The molecule has 0 fully saturated rings. The molecular formula is C10H9F2NO. The van der Waals surface area contributed by atoms with Crippen LogP contribution in [-0.2, 0) is 17.8 Å². The highest BCUT2D eigenvalue weighted by molar-refractivity contribution is 5.35. The van der Waals surface area contributed by atoms with Gasteiger partial charge in [-0.15, -0.1) is 0 Å². The first-order valence-corrected chi connectivity index (χ1v) is 4.20. The third-order valence-corrected chi connectivity index (χ3v) is 1.95. The van der Waals surface area contributed by atoms with E-state index in [0.29, 0.717) is 12.0 Å². The van der Waals surface area contributed by atoms with Crippen LogP contribution in [0.1, 0.15) is 18.1 Å². The molecule has 0 amide bonds. The van der Waals surface area contributed by atoms with Crippen molar-refractivity contribution in [2.24, 2.45) is 4.99 Å². The van der Waals surface area contributed by atoms with Crippen molar-refractivity contribution in [3.63, 3.8) is 0 Å². The van der Waals surface area contributed by atoms with E-state index in [2.05, 4.69) is 4.99 Å². The van der Waals surface area contributed by atoms with Gasteiger partial charge in [0.15, 0.2) is 0 Å². The summed E-state index contributed by atoms with van der Waals surface area (Å²) in [6.45, 7) is 1.47. The predicted octanol–water partition coefficient (Wildman–Crippen LogP) is 2.36. The minimum atomic E-state index is -0.682. The lowest BCUT2D eigenvalue weighted by Gasteiger charge is -2.05. The molecule has 0 radical (unpaired) electrons. The Labute approximate surface area is 80.3 Å². The van der Waals surface area contributed by atoms with Gasteiger partial charge in [0.2, 0.25) is 6.08 Å². The summed E-state index contributed by atoms with van der Waals surface area (Å²) >= 11 is 0. The molecule has 0 aliphatic rings. The second-order valence-electron chi connectivity index (χ2n) is 2.76. The van der Waals surface area contributed by atoms with Crippen molar-refractivity contribution in [2.45, 2.75) is 19.9 Å². The van der Waals surface area contributed by atoms with E-state index in [0.717, 1.165) is 0 Å². The number of halogens is 2. The Bertz CT molecular complexity index is 384. The van der Waals surface area contributed by atoms with Gasteiger partial charge in [-0.3, -0.25) is 0 Å². The Hall–Kier alpha value is -1.54. The van der Waals surface area contributed by atoms with E-state index in [9.17, 15) is 13.6 Å². The molecule has 2 nitrogen and oxygen atoms in total. The van der Waals surface area contributed by atoms with Gasteiger partial charge < -0.3 is 0 Å². The topological polar surface area (TPSA) is 29.4 Å². The molecule has 1 rings (SSSR count). The fraction of sp³-hybridized carbons (Fsp3) is 0.300. The van der Waals surface area contributed by atoms with Gasteiger partial charge >= 0.3 is 0 Å². The second kappa shape index (κ2) is 4.63. The Morgan fingerprint density at radius 3 is 2.71 bits per heavy atom. The van der Waals surface area contributed by atoms with Crippen molar-refractivity contribution in [3.8, 4) is 0 Å². The number of rotatable bonds is 3. The van der Waals surface area contributed by atoms with Crippen LogP contribution in [0.2, 0.25) is 0 Å². The van der Waals surface area contributed by atoms with E-state index in [1.54, 1.807) is 6.92 Å². The van der Waals surface area contributed by atoms with Gasteiger partial charge in [-0.1, -0.05) is 13.0 Å². The highest BCUT2D eigenvalue weighted by Gasteiger charge is 2.11. The van der Waals surface area contributed by atoms with Gasteiger partial charge in [0, 0.05) is 5.56 Å². The van der Waals surface area contributed by atoms with E-state index in [1.807, 2.05) is 0 Å². The molecule has 1 aromatic carbocycles. The van der Waals surface area contributed by atoms with Crippen LogP contribution in [0.3, 0.4) is 0 Å². The largest absolute Gasteiger partial charge is 0.235 e. The van der Waals surface area contributed by atoms with Crippen LogP contribution in [0, 0.1) is 11.6 Å². The number of carbonyl (C=O) groups excluding carboxylic acids is 1. The molecule has 14 heavy (non-hydrogen) atoms. The zero-order valence-corrected chi connectivity index (χ0v) is 7.68. The van der Waals surface area contributed by atoms with Gasteiger partial charge in [0.1, 0.15) is 11.6 Å². The third-order valence-electron chi connectivity index (χ3n) is 1.95. The van der Waals surface area contributed by atoms with Crippen LogP contribution < -0.4 is 0 Å². The predicted molar refractivity (Wildman–Crippen MR) is 47.6 cm³/mol. The lowest BCUT2D eigenvalue weighted by molar-refractivity contribution is 0.543. The molecule has 0 N–H and O–H groups in total. The third kappa shape index (κ3) is 2.03. The molecule has 0 atom stereocenters. The van der Waals surface area contributed by atoms with Gasteiger partial charge in [-0.05, 0) is 18.1 Å². The Balaban J connectivity index is 3.17. The zero-order chi connectivity index (χ0) is 10.6. The normalized spacial score (nSPS) is 9.64. The summed E-state index contributed by atoms with van der Waals surface area (Å²) in [7, 11) is 0. The Morgan fingerprint density at radius 2 is 2.14 bits per heavy atom. The van der Waals surface area contributed by atoms with Crippen molar-refractivity contribution in [3.05, 3.63) is 34.9 Å². The molecular weight excluding hydrogens is 188 g/mol. The first kappa shape index (κ1) is 10.5. The highest BCUT2D eigenvalue weighted by atomic mass is 19.1. The summed E-state index contributed by atoms with van der Waals surface area (Å²) < 4.78 is 26.5. The van der Waals surface area contributed by atoms with Crippen LogP contribution in [0.4, 0.5) is 8.78 Å². The monoisotopic (exact) mass is 197 g/mol. The summed E-state index contributed by atoms with van der Waals surface area (Å²) in [5.41, 5.74) is 0.246. The zero-order valence-electron chi connectivity index (χ0n) is 7.68. The number of benzene rings is 1. The van der Waals surface area contributed by atoms with Gasteiger partial charge in [-0.2, -0.15) is 0 Å². The molecule has 0 aromatic heterocycles. The first-order valence-electron chi connectivity index (χ1n) is 4.20. The molecule has 0 saturated heterocycles. The summed E-state index contributed by atoms with van der Waals surface area (Å²) in [5.74, 6) is -1.30. The van der Waals surface area contributed by atoms with E-state index < -0.39 is 11.6 Å². The van der Waals surface area contributed by atoms with Crippen LogP contribution >= 0.6 is 0 Å². The Kier molecular flexibility index (Phi) is 3.48. The van der Waals surface area contributed by atoms with E-state index >= 15 is 0 Å². The van der Waals surface area contributed by atoms with E-state index in [1.165, 1.54) is 18.2 Å². The van der Waals surface area contributed by atoms with Crippen LogP contribution in [-0.4, -0.2) is 6.08 Å². The van der Waals surface area contributed by atoms with Crippen molar-refractivity contribution in [2.75, 3.05) is 0 Å². The molecule has 1 aromatic rings. The maximum absolute atomic E-state index is 13.4. The van der Waals surface area contributed by atoms with Crippen molar-refractivity contribution in [1.29, 1.82) is 0 Å². The molecule has 0 heterocycles. The fourth-order valence-electron chi connectivity index (χ4n) is 1.18. The van der Waals surface area contributed by atoms with Crippen LogP contribution in [0.25, 0.3) is 0 Å². The number of aryl methyl sites for hydroxylation is 1. The average Bonchev–Trinajstić information content (AvgIpc) is 2.18. The molecule has 0 unspecified atom stereocenters. The minimum absolute atomic E-state index is 0.173. The maximum atomic E-state index is 13.4.